The fraction of sp³-hybridized carbons (Fsp3) is 0.300. The molecule has 2 aliphatic rings. The van der Waals surface area contributed by atoms with E-state index >= 15 is 0 Å². The van der Waals surface area contributed by atoms with E-state index in [0.717, 1.165) is 44.5 Å². The molecule has 11 atom stereocenters. The lowest BCUT2D eigenvalue weighted by Crippen LogP contribution is -2.70. The van der Waals surface area contributed by atoms with Gasteiger partial charge in [0, 0.05) is 6.92 Å². The second-order valence-electron chi connectivity index (χ2n) is 20.5. The highest BCUT2D eigenvalue weighted by atomic mass is 16.7. The molecule has 1 saturated carbocycles. The van der Waals surface area contributed by atoms with Crippen molar-refractivity contribution in [3.8, 4) is 0 Å². The number of benzene rings is 8. The minimum atomic E-state index is -1.25. The molecule has 0 unspecified atom stereocenters. The molecule has 0 bridgehead atoms. The Morgan fingerprint density at radius 3 is 0.854 bits per heavy atom. The van der Waals surface area contributed by atoms with Gasteiger partial charge in [-0.3, -0.25) is 4.79 Å². The molecule has 10 rings (SSSR count). The Bertz CT molecular complexity index is 3040. The number of ether oxygens (including phenoxy) is 11. The molecule has 1 heterocycles. The lowest BCUT2D eigenvalue weighted by molar-refractivity contribution is -0.363. The molecule has 1 aliphatic heterocycles. The zero-order valence-electron chi connectivity index (χ0n) is 46.2. The first-order valence-corrected chi connectivity index (χ1v) is 28.2. The fourth-order valence-electron chi connectivity index (χ4n) is 10.4. The molecular formula is C70H72O12. The summed E-state index contributed by atoms with van der Waals surface area (Å²) >= 11 is 0. The van der Waals surface area contributed by atoms with Crippen LogP contribution in [0.3, 0.4) is 0 Å². The summed E-state index contributed by atoms with van der Waals surface area (Å²) in [5, 5.41) is 0. The van der Waals surface area contributed by atoms with E-state index in [0.29, 0.717) is 6.61 Å². The van der Waals surface area contributed by atoms with Crippen LogP contribution in [-0.2, 0) is 110 Å². The Morgan fingerprint density at radius 2 is 0.549 bits per heavy atom. The van der Waals surface area contributed by atoms with Crippen LogP contribution in [0.4, 0.5) is 0 Å². The van der Waals surface area contributed by atoms with E-state index < -0.39 is 73.3 Å². The van der Waals surface area contributed by atoms with Crippen LogP contribution in [-0.4, -0.2) is 79.9 Å². The zero-order chi connectivity index (χ0) is 56.0. The number of carbonyl (C=O) groups is 1. The first-order valence-electron chi connectivity index (χ1n) is 28.2. The first kappa shape index (κ1) is 58.0. The van der Waals surface area contributed by atoms with Crippen molar-refractivity contribution in [2.75, 3.05) is 6.61 Å². The van der Waals surface area contributed by atoms with Crippen LogP contribution >= 0.6 is 0 Å². The van der Waals surface area contributed by atoms with Crippen molar-refractivity contribution >= 4 is 5.97 Å². The summed E-state index contributed by atoms with van der Waals surface area (Å²) in [4.78, 5) is 13.9. The molecule has 0 N–H and O–H groups in total. The van der Waals surface area contributed by atoms with Crippen molar-refractivity contribution < 1.29 is 56.9 Å². The van der Waals surface area contributed by atoms with Gasteiger partial charge in [0.2, 0.25) is 0 Å². The van der Waals surface area contributed by atoms with Gasteiger partial charge in [-0.1, -0.05) is 243 Å². The van der Waals surface area contributed by atoms with E-state index in [4.69, 9.17) is 52.1 Å². The van der Waals surface area contributed by atoms with Crippen LogP contribution in [0.25, 0.3) is 0 Å². The Labute approximate surface area is 481 Å². The molecule has 0 radical (unpaired) electrons. The summed E-state index contributed by atoms with van der Waals surface area (Å²) in [6, 6.07) is 79.5. The van der Waals surface area contributed by atoms with Gasteiger partial charge in [0.25, 0.3) is 0 Å². The highest BCUT2D eigenvalue weighted by Crippen LogP contribution is 2.40. The van der Waals surface area contributed by atoms with Crippen molar-refractivity contribution in [3.05, 3.63) is 287 Å². The van der Waals surface area contributed by atoms with Gasteiger partial charge < -0.3 is 52.1 Å². The van der Waals surface area contributed by atoms with Gasteiger partial charge in [-0.15, -0.1) is 0 Å². The average molecular weight is 1110 g/mol. The van der Waals surface area contributed by atoms with Crippen LogP contribution in [0.1, 0.15) is 51.4 Å². The third-order valence-corrected chi connectivity index (χ3v) is 14.5. The van der Waals surface area contributed by atoms with Crippen LogP contribution in [0.15, 0.2) is 243 Å². The molecule has 8 aromatic carbocycles. The maximum absolute atomic E-state index is 13.9. The Morgan fingerprint density at radius 1 is 0.305 bits per heavy atom. The van der Waals surface area contributed by atoms with Gasteiger partial charge in [0.05, 0.1) is 59.5 Å². The maximum atomic E-state index is 13.9. The molecule has 0 amide bonds. The largest absolute Gasteiger partial charge is 0.457 e. The number of hydrogen-bond donors (Lipinski definition) is 0. The number of rotatable bonds is 28. The number of carbonyl (C=O) groups excluding carboxylic acids is 1. The van der Waals surface area contributed by atoms with E-state index in [1.54, 1.807) is 0 Å². The molecule has 1 saturated heterocycles. The minimum Gasteiger partial charge on any atom is -0.457 e. The predicted octanol–water partition coefficient (Wildman–Crippen LogP) is 12.4. The maximum Gasteiger partial charge on any atom is 0.303 e. The number of hydrogen-bond acceptors (Lipinski definition) is 12. The summed E-state index contributed by atoms with van der Waals surface area (Å²) in [6.45, 7) is 3.02. The number of esters is 1. The molecule has 424 valence electrons. The summed E-state index contributed by atoms with van der Waals surface area (Å²) in [6.07, 6.45) is -10.8. The topological polar surface area (TPSA) is 119 Å². The predicted molar refractivity (Wildman–Crippen MR) is 310 cm³/mol. The van der Waals surface area contributed by atoms with Crippen molar-refractivity contribution in [2.24, 2.45) is 0 Å². The van der Waals surface area contributed by atoms with Gasteiger partial charge >= 0.3 is 5.97 Å². The SMILES string of the molecule is CC(=O)O[C@H]1[C@H](OCc2ccccc2)[C@H](OCc2ccccc2)[C@@H](OCc2ccccc2)[C@H](OCc2ccccc2)[C@H]1O[C@H]1O[C@H](COCc2ccccc2)[C@@H](OCc2ccccc2)[C@H](OCc2ccccc2)[C@@H]1OCc1ccccc1. The van der Waals surface area contributed by atoms with E-state index in [1.807, 2.05) is 243 Å². The van der Waals surface area contributed by atoms with E-state index in [9.17, 15) is 4.79 Å². The second-order valence-corrected chi connectivity index (χ2v) is 20.5. The standard InChI is InChI=1S/C70H72O12/c1-51(71)80-67-65(77-47-57-36-20-7-21-37-57)63(75-45-55-32-16-5-17-33-55)64(76-46-56-34-18-6-19-35-56)66(78-48-58-38-22-8-23-39-58)68(67)82-70-69(79-49-59-40-24-9-25-41-59)62(74-44-54-30-14-4-15-31-54)61(73-43-53-28-12-3-13-29-53)60(81-70)50-72-42-52-26-10-2-11-27-52/h2-41,60-70H,42-50H2,1H3/t60-,61-,62+,63-,64-,65-,66+,67+,68-,69+,70-/m1/s1. The molecule has 12 nitrogen and oxygen atoms in total. The average Bonchev–Trinajstić information content (AvgIpc) is 3.67. The van der Waals surface area contributed by atoms with E-state index in [1.165, 1.54) is 6.92 Å². The Hall–Kier alpha value is -7.17. The first-order chi connectivity index (χ1) is 40.5. The summed E-state index contributed by atoms with van der Waals surface area (Å²) in [7, 11) is 0. The minimum absolute atomic E-state index is 0.0812. The summed E-state index contributed by atoms with van der Waals surface area (Å²) in [5.74, 6) is -0.564. The highest BCUT2D eigenvalue weighted by molar-refractivity contribution is 5.66. The zero-order valence-corrected chi connectivity index (χ0v) is 46.2. The smallest absolute Gasteiger partial charge is 0.303 e. The van der Waals surface area contributed by atoms with E-state index in [-0.39, 0.29) is 52.9 Å². The molecule has 8 aromatic rings. The second kappa shape index (κ2) is 30.8. The normalized spacial score (nSPS) is 23.5. The van der Waals surface area contributed by atoms with Gasteiger partial charge in [0.1, 0.15) is 54.9 Å². The molecule has 12 heteroatoms. The summed E-state index contributed by atoms with van der Waals surface area (Å²) < 4.78 is 78.1. The van der Waals surface area contributed by atoms with Crippen LogP contribution in [0.2, 0.25) is 0 Å². The van der Waals surface area contributed by atoms with Gasteiger partial charge in [-0.25, -0.2) is 0 Å². The Balaban J connectivity index is 1.10. The molecule has 2 fully saturated rings. The van der Waals surface area contributed by atoms with Crippen LogP contribution in [0.5, 0.6) is 0 Å². The highest BCUT2D eigenvalue weighted by Gasteiger charge is 2.59. The molecule has 82 heavy (non-hydrogen) atoms. The third-order valence-electron chi connectivity index (χ3n) is 14.5. The quantitative estimate of drug-likeness (QED) is 0.0435. The fourth-order valence-corrected chi connectivity index (χ4v) is 10.4. The van der Waals surface area contributed by atoms with Crippen molar-refractivity contribution in [2.45, 2.75) is 127 Å². The molecule has 1 aliphatic carbocycles. The molecule has 0 aromatic heterocycles. The third kappa shape index (κ3) is 16.7. The Kier molecular flexibility index (Phi) is 21.8. The van der Waals surface area contributed by atoms with Crippen molar-refractivity contribution in [3.63, 3.8) is 0 Å². The molecular weight excluding hydrogens is 1030 g/mol. The molecule has 0 spiro atoms. The van der Waals surface area contributed by atoms with Gasteiger partial charge in [0.15, 0.2) is 12.4 Å². The van der Waals surface area contributed by atoms with Crippen molar-refractivity contribution in [1.29, 1.82) is 0 Å². The van der Waals surface area contributed by atoms with Crippen LogP contribution < -0.4 is 0 Å². The summed E-state index contributed by atoms with van der Waals surface area (Å²) in [5.41, 5.74) is 7.47. The van der Waals surface area contributed by atoms with Crippen LogP contribution in [0, 0.1) is 0 Å². The van der Waals surface area contributed by atoms with Gasteiger partial charge in [-0.05, 0) is 44.5 Å². The monoisotopic (exact) mass is 1100 g/mol. The van der Waals surface area contributed by atoms with Gasteiger partial charge in [-0.2, -0.15) is 0 Å². The lowest BCUT2D eigenvalue weighted by Gasteiger charge is -2.52. The van der Waals surface area contributed by atoms with E-state index in [2.05, 4.69) is 0 Å². The van der Waals surface area contributed by atoms with Crippen molar-refractivity contribution in [1.82, 2.24) is 0 Å². The lowest BCUT2D eigenvalue weighted by atomic mass is 9.83.